The van der Waals surface area contributed by atoms with Crippen LogP contribution in [0.1, 0.15) is 12.2 Å². The maximum absolute atomic E-state index is 10.6. The fourth-order valence-electron chi connectivity index (χ4n) is 0.777. The molecule has 0 aromatic carbocycles. The molecule has 9 nitrogen and oxygen atoms in total. The Morgan fingerprint density at radius 1 is 1.67 bits per heavy atom. The zero-order valence-electron chi connectivity index (χ0n) is 8.82. The molecule has 1 aromatic rings. The minimum absolute atomic E-state index is 0.0605. The van der Waals surface area contributed by atoms with Gasteiger partial charge in [-0.1, -0.05) is 5.16 Å². The van der Waals surface area contributed by atoms with Gasteiger partial charge in [-0.05, 0) is 0 Å². The monoisotopic (exact) mass is 271 g/mol. The van der Waals surface area contributed by atoms with Gasteiger partial charge in [0.1, 0.15) is 6.61 Å². The van der Waals surface area contributed by atoms with Crippen molar-refractivity contribution in [1.82, 2.24) is 9.36 Å². The SMILES string of the molecule is O=[C]/C(=N/OCCC(=O)O)c1nsc(NC=O)n1. The number of nitrogens with one attached hydrogen (secondary N) is 1. The predicted molar refractivity (Wildman–Crippen MR) is 60.0 cm³/mol. The van der Waals surface area contributed by atoms with Crippen LogP contribution in [-0.2, 0) is 19.2 Å². The van der Waals surface area contributed by atoms with Gasteiger partial charge < -0.3 is 15.3 Å². The van der Waals surface area contributed by atoms with Gasteiger partial charge in [0.15, 0.2) is 5.71 Å². The highest BCUT2D eigenvalue weighted by Gasteiger charge is 2.12. The van der Waals surface area contributed by atoms with E-state index in [1.54, 1.807) is 0 Å². The molecule has 0 aliphatic heterocycles. The Balaban J connectivity index is 2.63. The van der Waals surface area contributed by atoms with E-state index < -0.39 is 5.97 Å². The number of carboxylic acids is 1. The summed E-state index contributed by atoms with van der Waals surface area (Å²) >= 11 is 0.849. The van der Waals surface area contributed by atoms with Gasteiger partial charge in [0.05, 0.1) is 6.42 Å². The average molecular weight is 271 g/mol. The van der Waals surface area contributed by atoms with Gasteiger partial charge in [-0.2, -0.15) is 9.36 Å². The molecular formula is C8H7N4O5S. The maximum atomic E-state index is 10.6. The summed E-state index contributed by atoms with van der Waals surface area (Å²) in [4.78, 5) is 39.3. The van der Waals surface area contributed by atoms with E-state index in [0.29, 0.717) is 6.41 Å². The third-order valence-corrected chi connectivity index (χ3v) is 2.13. The summed E-state index contributed by atoms with van der Waals surface area (Å²) in [5, 5.41) is 14.1. The number of aromatic nitrogens is 2. The highest BCUT2D eigenvalue weighted by atomic mass is 32.1. The average Bonchev–Trinajstić information content (AvgIpc) is 2.78. The minimum Gasteiger partial charge on any atom is -0.481 e. The van der Waals surface area contributed by atoms with Gasteiger partial charge in [0.2, 0.25) is 17.4 Å². The van der Waals surface area contributed by atoms with Crippen molar-refractivity contribution in [3.63, 3.8) is 0 Å². The molecule has 0 atom stereocenters. The van der Waals surface area contributed by atoms with E-state index >= 15 is 0 Å². The van der Waals surface area contributed by atoms with Gasteiger partial charge in [-0.15, -0.1) is 0 Å². The molecule has 95 valence electrons. The lowest BCUT2D eigenvalue weighted by atomic mass is 10.4. The summed E-state index contributed by atoms with van der Waals surface area (Å²) in [7, 11) is 0. The molecule has 1 amide bonds. The quantitative estimate of drug-likeness (QED) is 0.279. The number of carboxylic acid groups (broad SMARTS) is 1. The van der Waals surface area contributed by atoms with Crippen LogP contribution in [0.5, 0.6) is 0 Å². The molecule has 0 saturated heterocycles. The molecule has 0 spiro atoms. The van der Waals surface area contributed by atoms with E-state index in [4.69, 9.17) is 5.11 Å². The lowest BCUT2D eigenvalue weighted by Crippen LogP contribution is -2.07. The van der Waals surface area contributed by atoms with Crippen LogP contribution >= 0.6 is 11.5 Å². The molecule has 0 fully saturated rings. The number of aliphatic carboxylic acids is 1. The van der Waals surface area contributed by atoms with Crippen LogP contribution in [0.25, 0.3) is 0 Å². The van der Waals surface area contributed by atoms with Gasteiger partial charge in [0, 0.05) is 11.5 Å². The van der Waals surface area contributed by atoms with Crippen LogP contribution in [0.4, 0.5) is 5.13 Å². The Hall–Kier alpha value is -2.36. The number of carbonyl (C=O) groups excluding carboxylic acids is 2. The molecule has 0 aliphatic rings. The van der Waals surface area contributed by atoms with Crippen molar-refractivity contribution in [3.05, 3.63) is 5.82 Å². The summed E-state index contributed by atoms with van der Waals surface area (Å²) in [6.07, 6.45) is 1.61. The highest BCUT2D eigenvalue weighted by Crippen LogP contribution is 2.10. The normalized spacial score (nSPS) is 10.8. The molecule has 0 aliphatic carbocycles. The van der Waals surface area contributed by atoms with Gasteiger partial charge in [-0.25, -0.2) is 0 Å². The molecule has 2 N–H and O–H groups in total. The van der Waals surface area contributed by atoms with E-state index in [1.807, 2.05) is 0 Å². The predicted octanol–water partition coefficient (Wildman–Crippen LogP) is -0.589. The van der Waals surface area contributed by atoms with Crippen molar-refractivity contribution in [2.75, 3.05) is 11.9 Å². The van der Waals surface area contributed by atoms with Crippen LogP contribution in [0, 0.1) is 0 Å². The topological polar surface area (TPSA) is 131 Å². The zero-order chi connectivity index (χ0) is 13.4. The molecular weight excluding hydrogens is 264 g/mol. The number of hydrogen-bond acceptors (Lipinski definition) is 8. The first-order valence-electron chi connectivity index (χ1n) is 4.51. The molecule has 0 unspecified atom stereocenters. The summed E-state index contributed by atoms with van der Waals surface area (Å²) in [6.45, 7) is -0.190. The zero-order valence-corrected chi connectivity index (χ0v) is 9.64. The van der Waals surface area contributed by atoms with Crippen molar-refractivity contribution in [1.29, 1.82) is 0 Å². The molecule has 1 heterocycles. The Bertz CT molecular complexity index is 472. The fraction of sp³-hybridized carbons (Fsp3) is 0.250. The van der Waals surface area contributed by atoms with Gasteiger partial charge in [-0.3, -0.25) is 14.4 Å². The largest absolute Gasteiger partial charge is 0.481 e. The third-order valence-electron chi connectivity index (χ3n) is 1.48. The molecule has 0 saturated carbocycles. The molecule has 18 heavy (non-hydrogen) atoms. The van der Waals surface area contributed by atoms with Crippen LogP contribution in [0.15, 0.2) is 5.16 Å². The lowest BCUT2D eigenvalue weighted by Gasteiger charge is -1.95. The number of carbonyl (C=O) groups is 2. The summed E-state index contributed by atoms with van der Waals surface area (Å²) in [6, 6.07) is 0. The third kappa shape index (κ3) is 4.25. The van der Waals surface area contributed by atoms with E-state index in [0.717, 1.165) is 11.5 Å². The first-order valence-corrected chi connectivity index (χ1v) is 5.29. The standard InChI is InChI=1S/C8H7N4O5S/c13-3-5(11-17-2-1-6(15)16)7-10-8(9-4-14)18-12-7/h4H,1-2H2,(H,15,16)(H,9,10,12,14)/b11-5-. The number of amides is 1. The second-order valence-corrected chi connectivity index (χ2v) is 3.46. The lowest BCUT2D eigenvalue weighted by molar-refractivity contribution is -0.138. The molecule has 1 aromatic heterocycles. The summed E-state index contributed by atoms with van der Waals surface area (Å²) < 4.78 is 3.74. The number of nitrogens with zero attached hydrogens (tertiary/aromatic N) is 3. The fourth-order valence-corrected chi connectivity index (χ4v) is 1.31. The van der Waals surface area contributed by atoms with Crippen molar-refractivity contribution >= 4 is 41.0 Å². The Kier molecular flexibility index (Phi) is 5.38. The number of oxime groups is 1. The van der Waals surface area contributed by atoms with Crippen LogP contribution in [0.2, 0.25) is 0 Å². The highest BCUT2D eigenvalue weighted by molar-refractivity contribution is 7.10. The molecule has 10 heteroatoms. The number of rotatable bonds is 8. The van der Waals surface area contributed by atoms with E-state index in [-0.39, 0.29) is 29.7 Å². The number of anilines is 1. The Morgan fingerprint density at radius 3 is 3.06 bits per heavy atom. The Labute approximate surface area is 105 Å². The first kappa shape index (κ1) is 13.7. The van der Waals surface area contributed by atoms with Crippen molar-refractivity contribution in [2.24, 2.45) is 5.16 Å². The molecule has 1 radical (unpaired) electrons. The number of hydrogen-bond donors (Lipinski definition) is 2. The van der Waals surface area contributed by atoms with Crippen molar-refractivity contribution in [3.8, 4) is 0 Å². The van der Waals surface area contributed by atoms with Gasteiger partial charge >= 0.3 is 5.97 Å². The summed E-state index contributed by atoms with van der Waals surface area (Å²) in [5.41, 5.74) is -0.310. The van der Waals surface area contributed by atoms with Crippen molar-refractivity contribution < 1.29 is 24.3 Å². The molecule has 1 rings (SSSR count). The van der Waals surface area contributed by atoms with E-state index in [1.165, 1.54) is 6.29 Å². The summed E-state index contributed by atoms with van der Waals surface area (Å²) in [5.74, 6) is -1.11. The second-order valence-electron chi connectivity index (χ2n) is 2.70. The maximum Gasteiger partial charge on any atom is 0.306 e. The smallest absolute Gasteiger partial charge is 0.306 e. The molecule has 0 bridgehead atoms. The van der Waals surface area contributed by atoms with Crippen LogP contribution < -0.4 is 5.32 Å². The Morgan fingerprint density at radius 2 is 2.44 bits per heavy atom. The van der Waals surface area contributed by atoms with E-state index in [9.17, 15) is 14.4 Å². The van der Waals surface area contributed by atoms with E-state index in [2.05, 4.69) is 24.7 Å². The van der Waals surface area contributed by atoms with Crippen LogP contribution in [0.3, 0.4) is 0 Å². The first-order chi connectivity index (χ1) is 8.67. The van der Waals surface area contributed by atoms with Gasteiger partial charge in [0.25, 0.3) is 6.29 Å². The van der Waals surface area contributed by atoms with Crippen LogP contribution in [-0.4, -0.2) is 45.4 Å². The second kappa shape index (κ2) is 7.06. The minimum atomic E-state index is -1.05. The van der Waals surface area contributed by atoms with Crippen molar-refractivity contribution in [2.45, 2.75) is 6.42 Å².